The molecular weight excluding hydrogens is 526 g/mol. The van der Waals surface area contributed by atoms with Crippen LogP contribution in [0.5, 0.6) is 5.75 Å². The summed E-state index contributed by atoms with van der Waals surface area (Å²) in [6, 6.07) is 19.3. The number of benzene rings is 3. The maximum Gasteiger partial charge on any atom is 0.338 e. The summed E-state index contributed by atoms with van der Waals surface area (Å²) < 4.78 is 11.1. The quantitative estimate of drug-likeness (QED) is 0.177. The molecule has 1 N–H and O–H groups in total. The maximum atomic E-state index is 13.3. The van der Waals surface area contributed by atoms with Crippen LogP contribution in [0.2, 0.25) is 0 Å². The second-order valence-corrected chi connectivity index (χ2v) is 8.97. The first kappa shape index (κ1) is 25.2. The Bertz CT molecular complexity index is 1350. The zero-order chi connectivity index (χ0) is 25.8. The number of ether oxygens (including phenoxy) is 2. The Morgan fingerprint density at radius 2 is 1.75 bits per heavy atom. The Hall–Kier alpha value is -3.91. The first-order valence-corrected chi connectivity index (χ1v) is 12.1. The molecule has 1 unspecified atom stereocenters. The zero-order valence-electron chi connectivity index (χ0n) is 19.7. The molecule has 4 rings (SSSR count). The third kappa shape index (κ3) is 4.77. The molecule has 0 bridgehead atoms. The number of halogens is 1. The summed E-state index contributed by atoms with van der Waals surface area (Å²) in [5.41, 5.74) is 1.52. The van der Waals surface area contributed by atoms with Gasteiger partial charge in [0.25, 0.3) is 11.7 Å². The van der Waals surface area contributed by atoms with Crippen LogP contribution in [0.1, 0.15) is 40.9 Å². The van der Waals surface area contributed by atoms with Crippen LogP contribution in [0.25, 0.3) is 5.76 Å². The van der Waals surface area contributed by atoms with E-state index in [1.807, 2.05) is 13.0 Å². The minimum Gasteiger partial charge on any atom is -0.507 e. The van der Waals surface area contributed by atoms with Gasteiger partial charge in [-0.2, -0.15) is 0 Å². The van der Waals surface area contributed by atoms with Crippen LogP contribution in [0.4, 0.5) is 5.69 Å². The highest BCUT2D eigenvalue weighted by Crippen LogP contribution is 2.42. The molecule has 3 aromatic carbocycles. The normalized spacial score (nSPS) is 16.8. The fraction of sp³-hybridized carbons (Fsp3) is 0.179. The van der Waals surface area contributed by atoms with Gasteiger partial charge in [0, 0.05) is 11.3 Å². The molecule has 1 aliphatic rings. The van der Waals surface area contributed by atoms with Gasteiger partial charge in [-0.15, -0.1) is 0 Å². The minimum atomic E-state index is -0.908. The third-order valence-electron chi connectivity index (χ3n) is 5.78. The number of hydrogen-bond donors (Lipinski definition) is 1. The van der Waals surface area contributed by atoms with E-state index < -0.39 is 23.7 Å². The highest BCUT2D eigenvalue weighted by molar-refractivity contribution is 9.10. The fourth-order valence-electron chi connectivity index (χ4n) is 4.08. The number of amides is 1. The van der Waals surface area contributed by atoms with Gasteiger partial charge in [-0.3, -0.25) is 14.5 Å². The van der Waals surface area contributed by atoms with Gasteiger partial charge in [-0.05, 0) is 64.3 Å². The van der Waals surface area contributed by atoms with Gasteiger partial charge in [0.15, 0.2) is 0 Å². The van der Waals surface area contributed by atoms with Crippen molar-refractivity contribution in [3.05, 3.63) is 99.5 Å². The Balaban J connectivity index is 1.86. The molecule has 1 heterocycles. The van der Waals surface area contributed by atoms with Crippen LogP contribution in [0.3, 0.4) is 0 Å². The van der Waals surface area contributed by atoms with E-state index in [0.29, 0.717) is 33.5 Å². The van der Waals surface area contributed by atoms with E-state index in [2.05, 4.69) is 15.9 Å². The van der Waals surface area contributed by atoms with Crippen molar-refractivity contribution in [1.29, 1.82) is 0 Å². The molecule has 8 heteroatoms. The van der Waals surface area contributed by atoms with Crippen molar-refractivity contribution in [2.75, 3.05) is 18.6 Å². The number of nitrogens with zero attached hydrogens (tertiary/aromatic N) is 1. The van der Waals surface area contributed by atoms with Crippen LogP contribution in [0.15, 0.2) is 82.8 Å². The molecule has 0 aromatic heterocycles. The van der Waals surface area contributed by atoms with Crippen LogP contribution in [-0.2, 0) is 14.3 Å². The number of esters is 1. The molecule has 1 amide bonds. The molecule has 1 saturated heterocycles. The lowest BCUT2D eigenvalue weighted by Crippen LogP contribution is -2.29. The van der Waals surface area contributed by atoms with Gasteiger partial charge >= 0.3 is 5.97 Å². The van der Waals surface area contributed by atoms with Crippen LogP contribution in [-0.4, -0.2) is 36.5 Å². The number of carbonyl (C=O) groups is 3. The van der Waals surface area contributed by atoms with Crippen LogP contribution < -0.4 is 9.64 Å². The lowest BCUT2D eigenvalue weighted by molar-refractivity contribution is -0.132. The van der Waals surface area contributed by atoms with Crippen LogP contribution >= 0.6 is 15.9 Å². The molecular formula is C28H24BrNO6. The molecule has 1 aliphatic heterocycles. The summed E-state index contributed by atoms with van der Waals surface area (Å²) in [4.78, 5) is 40.4. The summed E-state index contributed by atoms with van der Waals surface area (Å²) in [7, 11) is 1.52. The number of ketones is 1. The van der Waals surface area contributed by atoms with Gasteiger partial charge in [0.05, 0.1) is 35.4 Å². The number of hydrogen-bond acceptors (Lipinski definition) is 6. The summed E-state index contributed by atoms with van der Waals surface area (Å²) in [6.07, 6.45) is 0.676. The Morgan fingerprint density at radius 3 is 2.42 bits per heavy atom. The standard InChI is InChI=1S/C28H24BrNO6/c1-3-14-36-28(34)19-10-7-11-20(15-19)30-24(17-8-5-4-6-9-17)23(26(32)27(30)33)25(31)18-12-13-22(35-2)21(29)16-18/h4-13,15-16,24,31H,3,14H2,1-2H3/b25-23+. The van der Waals surface area contributed by atoms with Crippen molar-refractivity contribution < 1.29 is 29.0 Å². The van der Waals surface area contributed by atoms with Gasteiger partial charge in [-0.1, -0.05) is 43.3 Å². The highest BCUT2D eigenvalue weighted by Gasteiger charge is 2.47. The monoisotopic (exact) mass is 549 g/mol. The van der Waals surface area contributed by atoms with Gasteiger partial charge < -0.3 is 14.6 Å². The number of Topliss-reactive ketones (excluding diaryl/α,β-unsaturated/α-hetero) is 1. The first-order chi connectivity index (χ1) is 17.4. The van der Waals surface area contributed by atoms with Crippen LogP contribution in [0, 0.1) is 0 Å². The Morgan fingerprint density at radius 1 is 1.00 bits per heavy atom. The summed E-state index contributed by atoms with van der Waals surface area (Å²) in [6.45, 7) is 2.17. The SMILES string of the molecule is CCCOC(=O)c1cccc(N2C(=O)C(=O)/C(=C(/O)c3ccc(OC)c(Br)c3)C2c2ccccc2)c1. The average Bonchev–Trinajstić information content (AvgIpc) is 3.17. The number of anilines is 1. The number of methoxy groups -OCH3 is 1. The smallest absolute Gasteiger partial charge is 0.338 e. The second-order valence-electron chi connectivity index (χ2n) is 8.12. The van der Waals surface area contributed by atoms with Gasteiger partial charge in [0.1, 0.15) is 11.5 Å². The predicted octanol–water partition coefficient (Wildman–Crippen LogP) is 5.65. The van der Waals surface area contributed by atoms with E-state index in [4.69, 9.17) is 9.47 Å². The number of aliphatic hydroxyl groups excluding tert-OH is 1. The molecule has 184 valence electrons. The summed E-state index contributed by atoms with van der Waals surface area (Å²) >= 11 is 3.39. The van der Waals surface area contributed by atoms with Crippen molar-refractivity contribution in [2.45, 2.75) is 19.4 Å². The molecule has 7 nitrogen and oxygen atoms in total. The lowest BCUT2D eigenvalue weighted by atomic mass is 9.95. The van der Waals surface area contributed by atoms with E-state index in [-0.39, 0.29) is 23.5 Å². The molecule has 3 aromatic rings. The molecule has 0 saturated carbocycles. The number of carbonyl (C=O) groups excluding carboxylic acids is 3. The second kappa shape index (κ2) is 10.8. The van der Waals surface area contributed by atoms with Crippen molar-refractivity contribution in [1.82, 2.24) is 0 Å². The molecule has 0 spiro atoms. The van der Waals surface area contributed by atoms with Crippen molar-refractivity contribution in [3.63, 3.8) is 0 Å². The third-order valence-corrected chi connectivity index (χ3v) is 6.40. The fourth-order valence-corrected chi connectivity index (χ4v) is 4.62. The topological polar surface area (TPSA) is 93.1 Å². The number of aliphatic hydroxyl groups is 1. The van der Waals surface area contributed by atoms with Crippen molar-refractivity contribution in [2.24, 2.45) is 0 Å². The van der Waals surface area contributed by atoms with Gasteiger partial charge in [0.2, 0.25) is 0 Å². The molecule has 1 atom stereocenters. The van der Waals surface area contributed by atoms with Crippen molar-refractivity contribution >= 4 is 45.0 Å². The summed E-state index contributed by atoms with van der Waals surface area (Å²) in [5.74, 6) is -1.91. The number of rotatable bonds is 7. The Kier molecular flexibility index (Phi) is 7.55. The van der Waals surface area contributed by atoms with E-state index in [1.54, 1.807) is 60.7 Å². The predicted molar refractivity (Wildman–Crippen MR) is 139 cm³/mol. The molecule has 0 aliphatic carbocycles. The summed E-state index contributed by atoms with van der Waals surface area (Å²) in [5, 5.41) is 11.3. The van der Waals surface area contributed by atoms with E-state index in [1.165, 1.54) is 18.1 Å². The molecule has 36 heavy (non-hydrogen) atoms. The first-order valence-electron chi connectivity index (χ1n) is 11.3. The van der Waals surface area contributed by atoms with Crippen molar-refractivity contribution in [3.8, 4) is 5.75 Å². The van der Waals surface area contributed by atoms with E-state index in [0.717, 1.165) is 0 Å². The maximum absolute atomic E-state index is 13.3. The van der Waals surface area contributed by atoms with E-state index in [9.17, 15) is 19.5 Å². The Labute approximate surface area is 217 Å². The average molecular weight is 550 g/mol. The van der Waals surface area contributed by atoms with E-state index >= 15 is 0 Å². The zero-order valence-corrected chi connectivity index (χ0v) is 21.3. The molecule has 1 fully saturated rings. The van der Waals surface area contributed by atoms with Gasteiger partial charge in [-0.25, -0.2) is 4.79 Å². The minimum absolute atomic E-state index is 0.0535. The largest absolute Gasteiger partial charge is 0.507 e. The highest BCUT2D eigenvalue weighted by atomic mass is 79.9. The molecule has 0 radical (unpaired) electrons. The lowest BCUT2D eigenvalue weighted by Gasteiger charge is -2.25.